The third-order valence-corrected chi connectivity index (χ3v) is 3.14. The van der Waals surface area contributed by atoms with Gasteiger partial charge in [-0.25, -0.2) is 0 Å². The van der Waals surface area contributed by atoms with Crippen LogP contribution in [-0.2, 0) is 0 Å². The van der Waals surface area contributed by atoms with Crippen molar-refractivity contribution in [2.45, 2.75) is 26.9 Å². The molecule has 0 fully saturated rings. The summed E-state index contributed by atoms with van der Waals surface area (Å²) in [4.78, 5) is 0. The molecule has 0 saturated carbocycles. The fraction of sp³-hybridized carbons (Fsp3) is 1.00. The summed E-state index contributed by atoms with van der Waals surface area (Å²) in [5.74, 6) is 0.347. The molecule has 0 heterocycles. The number of hydrogen-bond acceptors (Lipinski definition) is 1. The van der Waals surface area contributed by atoms with Gasteiger partial charge >= 0.3 is 0 Å². The van der Waals surface area contributed by atoms with E-state index < -0.39 is 0 Å². The first-order chi connectivity index (χ1) is 5.64. The summed E-state index contributed by atoms with van der Waals surface area (Å²) in [7, 11) is 0. The standard InChI is InChI=1S/C9H21ClNO.BrH/c1-4-11(5-2,6-3)8-9(12)7-10;/h9,12H,4-8H2,1-3H3;1H/q+1;/p-1. The van der Waals surface area contributed by atoms with Crippen LogP contribution in [0.4, 0.5) is 0 Å². The number of rotatable bonds is 6. The van der Waals surface area contributed by atoms with E-state index in [0.29, 0.717) is 5.88 Å². The third kappa shape index (κ3) is 5.21. The van der Waals surface area contributed by atoms with E-state index in [-0.39, 0.29) is 23.1 Å². The van der Waals surface area contributed by atoms with Crippen molar-refractivity contribution in [2.75, 3.05) is 32.1 Å². The second-order valence-electron chi connectivity index (χ2n) is 3.28. The predicted octanol–water partition coefficient (Wildman–Crippen LogP) is -1.53. The van der Waals surface area contributed by atoms with Crippen LogP contribution in [0.2, 0.25) is 0 Å². The van der Waals surface area contributed by atoms with Crippen LogP contribution >= 0.6 is 11.6 Å². The monoisotopic (exact) mass is 273 g/mol. The van der Waals surface area contributed by atoms with Crippen molar-refractivity contribution >= 4 is 11.6 Å². The van der Waals surface area contributed by atoms with E-state index in [4.69, 9.17) is 11.6 Å². The molecular weight excluding hydrogens is 253 g/mol. The fourth-order valence-corrected chi connectivity index (χ4v) is 1.65. The van der Waals surface area contributed by atoms with Crippen molar-refractivity contribution in [2.24, 2.45) is 0 Å². The normalized spacial score (nSPS) is 13.6. The van der Waals surface area contributed by atoms with Gasteiger partial charge < -0.3 is 26.6 Å². The average molecular weight is 275 g/mol. The highest BCUT2D eigenvalue weighted by molar-refractivity contribution is 6.18. The molecule has 0 aliphatic rings. The number of hydrogen-bond donors (Lipinski definition) is 1. The van der Waals surface area contributed by atoms with Gasteiger partial charge in [-0.3, -0.25) is 0 Å². The van der Waals surface area contributed by atoms with Crippen molar-refractivity contribution in [3.05, 3.63) is 0 Å². The van der Waals surface area contributed by atoms with E-state index in [9.17, 15) is 5.11 Å². The molecule has 2 nitrogen and oxygen atoms in total. The van der Waals surface area contributed by atoms with Crippen LogP contribution in [0, 0.1) is 0 Å². The lowest BCUT2D eigenvalue weighted by Crippen LogP contribution is -3.00. The second kappa shape index (κ2) is 8.04. The molecule has 0 aromatic rings. The molecule has 1 atom stereocenters. The zero-order valence-corrected chi connectivity index (χ0v) is 11.1. The van der Waals surface area contributed by atoms with E-state index >= 15 is 0 Å². The molecule has 0 bridgehead atoms. The Balaban J connectivity index is 0. The van der Waals surface area contributed by atoms with Crippen molar-refractivity contribution in [1.82, 2.24) is 0 Å². The number of quaternary nitrogens is 1. The lowest BCUT2D eigenvalue weighted by Gasteiger charge is -2.37. The van der Waals surface area contributed by atoms with Gasteiger partial charge in [0.15, 0.2) is 0 Å². The van der Waals surface area contributed by atoms with Crippen LogP contribution in [0.1, 0.15) is 20.8 Å². The minimum absolute atomic E-state index is 0. The molecule has 0 aromatic heterocycles. The minimum atomic E-state index is -0.355. The molecule has 0 amide bonds. The van der Waals surface area contributed by atoms with Crippen LogP contribution < -0.4 is 17.0 Å². The highest BCUT2D eigenvalue weighted by atomic mass is 79.9. The Kier molecular flexibility index (Phi) is 9.97. The highest BCUT2D eigenvalue weighted by Gasteiger charge is 2.24. The first-order valence-electron chi connectivity index (χ1n) is 4.73. The molecule has 0 spiro atoms. The molecule has 0 saturated heterocycles. The molecule has 0 aliphatic heterocycles. The van der Waals surface area contributed by atoms with E-state index in [1.807, 2.05) is 0 Å². The van der Waals surface area contributed by atoms with E-state index in [0.717, 1.165) is 30.7 Å². The maximum atomic E-state index is 9.44. The summed E-state index contributed by atoms with van der Waals surface area (Å²) in [5, 5.41) is 9.44. The van der Waals surface area contributed by atoms with Crippen molar-refractivity contribution in [3.8, 4) is 0 Å². The number of nitrogens with zero attached hydrogens (tertiary/aromatic N) is 1. The number of likely N-dealkylation sites (N-methyl/N-ethyl adjacent to an activating group) is 1. The van der Waals surface area contributed by atoms with Gasteiger partial charge in [-0.2, -0.15) is 0 Å². The summed E-state index contributed by atoms with van der Waals surface area (Å²) in [6, 6.07) is 0. The quantitative estimate of drug-likeness (QED) is 0.460. The fourth-order valence-electron chi connectivity index (χ4n) is 1.55. The van der Waals surface area contributed by atoms with Gasteiger partial charge in [-0.1, -0.05) is 0 Å². The van der Waals surface area contributed by atoms with Gasteiger partial charge in [0, 0.05) is 0 Å². The Bertz CT molecular complexity index is 112. The summed E-state index contributed by atoms with van der Waals surface area (Å²) in [6.45, 7) is 10.5. The molecule has 1 N–H and O–H groups in total. The largest absolute Gasteiger partial charge is 1.00 e. The molecule has 4 heteroatoms. The average Bonchev–Trinajstić information content (AvgIpc) is 2.14. The second-order valence-corrected chi connectivity index (χ2v) is 3.59. The van der Waals surface area contributed by atoms with Crippen LogP contribution in [0.5, 0.6) is 0 Å². The molecule has 13 heavy (non-hydrogen) atoms. The van der Waals surface area contributed by atoms with Gasteiger partial charge in [0.2, 0.25) is 0 Å². The molecular formula is C9H21BrClNO. The predicted molar refractivity (Wildman–Crippen MR) is 53.5 cm³/mol. The highest BCUT2D eigenvalue weighted by Crippen LogP contribution is 2.07. The van der Waals surface area contributed by atoms with Gasteiger partial charge in [0.1, 0.15) is 12.6 Å². The van der Waals surface area contributed by atoms with Crippen LogP contribution in [0.15, 0.2) is 0 Å². The zero-order chi connectivity index (χ0) is 9.61. The maximum absolute atomic E-state index is 9.44. The number of alkyl halides is 1. The molecule has 0 aliphatic carbocycles. The Morgan fingerprint density at radius 2 is 1.54 bits per heavy atom. The number of halogens is 2. The van der Waals surface area contributed by atoms with Crippen LogP contribution in [0.3, 0.4) is 0 Å². The van der Waals surface area contributed by atoms with Crippen LogP contribution in [0.25, 0.3) is 0 Å². The van der Waals surface area contributed by atoms with Crippen molar-refractivity contribution in [1.29, 1.82) is 0 Å². The van der Waals surface area contributed by atoms with Gasteiger partial charge in [-0.05, 0) is 20.8 Å². The molecule has 0 rings (SSSR count). The Labute approximate surface area is 97.2 Å². The van der Waals surface area contributed by atoms with E-state index in [2.05, 4.69) is 20.8 Å². The molecule has 1 unspecified atom stereocenters. The molecule has 0 radical (unpaired) electrons. The Hall–Kier alpha value is 0.690. The Morgan fingerprint density at radius 1 is 1.15 bits per heavy atom. The minimum Gasteiger partial charge on any atom is -1.00 e. The van der Waals surface area contributed by atoms with E-state index in [1.54, 1.807) is 0 Å². The molecule has 0 aromatic carbocycles. The lowest BCUT2D eigenvalue weighted by atomic mass is 10.2. The first-order valence-corrected chi connectivity index (χ1v) is 5.26. The van der Waals surface area contributed by atoms with E-state index in [1.165, 1.54) is 0 Å². The maximum Gasteiger partial charge on any atom is 0.116 e. The van der Waals surface area contributed by atoms with Crippen LogP contribution in [-0.4, -0.2) is 47.8 Å². The summed E-state index contributed by atoms with van der Waals surface area (Å²) in [5.41, 5.74) is 0. The topological polar surface area (TPSA) is 20.2 Å². The summed E-state index contributed by atoms with van der Waals surface area (Å²) < 4.78 is 0.966. The smallest absolute Gasteiger partial charge is 0.116 e. The zero-order valence-electron chi connectivity index (χ0n) is 8.76. The SMILES string of the molecule is CC[N+](CC)(CC)CC(O)CCl.[Br-]. The number of aliphatic hydroxyl groups is 1. The lowest BCUT2D eigenvalue weighted by molar-refractivity contribution is -0.925. The van der Waals surface area contributed by atoms with Crippen molar-refractivity contribution in [3.63, 3.8) is 0 Å². The first kappa shape index (κ1) is 16.1. The Morgan fingerprint density at radius 3 is 1.77 bits per heavy atom. The third-order valence-electron chi connectivity index (χ3n) is 2.79. The number of aliphatic hydroxyl groups excluding tert-OH is 1. The van der Waals surface area contributed by atoms with Gasteiger partial charge in [0.05, 0.1) is 25.5 Å². The van der Waals surface area contributed by atoms with Gasteiger partial charge in [-0.15, -0.1) is 11.6 Å². The van der Waals surface area contributed by atoms with Crippen molar-refractivity contribution < 1.29 is 26.6 Å². The molecule has 82 valence electrons. The summed E-state index contributed by atoms with van der Waals surface area (Å²) in [6.07, 6.45) is -0.355. The summed E-state index contributed by atoms with van der Waals surface area (Å²) >= 11 is 5.57. The van der Waals surface area contributed by atoms with Gasteiger partial charge in [0.25, 0.3) is 0 Å².